The normalized spacial score (nSPS) is 23.6. The molecule has 1 aromatic carbocycles. The molecule has 2 atom stereocenters. The highest BCUT2D eigenvalue weighted by atomic mass is 19.4. The van der Waals surface area contributed by atoms with Crippen LogP contribution in [0.2, 0.25) is 0 Å². The van der Waals surface area contributed by atoms with E-state index < -0.39 is 11.7 Å². The van der Waals surface area contributed by atoms with Crippen LogP contribution < -0.4 is 5.32 Å². The molecule has 2 unspecified atom stereocenters. The van der Waals surface area contributed by atoms with E-state index in [2.05, 4.69) is 5.32 Å². The van der Waals surface area contributed by atoms with E-state index in [0.717, 1.165) is 25.1 Å². The summed E-state index contributed by atoms with van der Waals surface area (Å²) in [5.41, 5.74) is -0.269. The van der Waals surface area contributed by atoms with Crippen molar-refractivity contribution < 1.29 is 18.0 Å². The number of Topliss-reactive ketones (excluding diaryl/α,β-unsaturated/α-hetero) is 1. The van der Waals surface area contributed by atoms with Crippen molar-refractivity contribution in [1.82, 2.24) is 5.32 Å². The van der Waals surface area contributed by atoms with E-state index in [9.17, 15) is 18.0 Å². The van der Waals surface area contributed by atoms with Crippen LogP contribution in [0.4, 0.5) is 13.2 Å². The summed E-state index contributed by atoms with van der Waals surface area (Å²) >= 11 is 0. The Morgan fingerprint density at radius 3 is 2.74 bits per heavy atom. The first-order valence-corrected chi connectivity index (χ1v) is 6.30. The fraction of sp³-hybridized carbons (Fsp3) is 0.500. The summed E-state index contributed by atoms with van der Waals surface area (Å²) in [5.74, 6) is -0.0774. The Morgan fingerprint density at radius 1 is 1.42 bits per heavy atom. The highest BCUT2D eigenvalue weighted by Crippen LogP contribution is 2.30. The van der Waals surface area contributed by atoms with Crippen LogP contribution in [0.3, 0.4) is 0 Å². The largest absolute Gasteiger partial charge is 0.416 e. The van der Waals surface area contributed by atoms with E-state index in [1.807, 2.05) is 6.92 Å². The molecule has 0 amide bonds. The van der Waals surface area contributed by atoms with Gasteiger partial charge in [-0.3, -0.25) is 4.79 Å². The lowest BCUT2D eigenvalue weighted by molar-refractivity contribution is -0.137. The van der Waals surface area contributed by atoms with Gasteiger partial charge in [0.15, 0.2) is 0 Å². The molecule has 0 aliphatic carbocycles. The van der Waals surface area contributed by atoms with Crippen LogP contribution in [-0.2, 0) is 17.4 Å². The third-order valence-electron chi connectivity index (χ3n) is 3.57. The fourth-order valence-electron chi connectivity index (χ4n) is 2.49. The number of benzene rings is 1. The Morgan fingerprint density at radius 2 is 2.16 bits per heavy atom. The van der Waals surface area contributed by atoms with Crippen LogP contribution in [0.1, 0.15) is 24.5 Å². The van der Waals surface area contributed by atoms with Gasteiger partial charge in [0.2, 0.25) is 0 Å². The Kier molecular flexibility index (Phi) is 3.94. The van der Waals surface area contributed by atoms with Crippen LogP contribution in [0.15, 0.2) is 24.3 Å². The number of carbonyl (C=O) groups excluding carboxylic acids is 1. The van der Waals surface area contributed by atoms with E-state index in [0.29, 0.717) is 5.56 Å². The maximum Gasteiger partial charge on any atom is 0.416 e. The van der Waals surface area contributed by atoms with Crippen LogP contribution in [-0.4, -0.2) is 18.4 Å². The standard InChI is InChI=1S/C14H16F3NO/c1-9-12(5-6-18-9)13(19)8-10-3-2-4-11(7-10)14(15,16)17/h2-4,7,9,12,18H,5-6,8H2,1H3. The fourth-order valence-corrected chi connectivity index (χ4v) is 2.49. The summed E-state index contributed by atoms with van der Waals surface area (Å²) in [6.45, 7) is 2.72. The van der Waals surface area contributed by atoms with Gasteiger partial charge in [0, 0.05) is 18.4 Å². The average Bonchev–Trinajstić information content (AvgIpc) is 2.75. The van der Waals surface area contributed by atoms with Gasteiger partial charge in [0.1, 0.15) is 5.78 Å². The molecule has 0 radical (unpaired) electrons. The second-order valence-electron chi connectivity index (χ2n) is 4.98. The highest BCUT2D eigenvalue weighted by molar-refractivity contribution is 5.84. The van der Waals surface area contributed by atoms with E-state index in [4.69, 9.17) is 0 Å². The molecule has 1 N–H and O–H groups in total. The molecule has 19 heavy (non-hydrogen) atoms. The Hall–Kier alpha value is -1.36. The Bertz CT molecular complexity index is 470. The van der Waals surface area contributed by atoms with Crippen LogP contribution in [0, 0.1) is 5.92 Å². The van der Waals surface area contributed by atoms with Gasteiger partial charge in [-0.2, -0.15) is 13.2 Å². The second-order valence-corrected chi connectivity index (χ2v) is 4.98. The number of rotatable bonds is 3. The molecule has 0 bridgehead atoms. The lowest BCUT2D eigenvalue weighted by atomic mass is 9.92. The highest BCUT2D eigenvalue weighted by Gasteiger charge is 2.32. The van der Waals surface area contributed by atoms with Gasteiger partial charge in [0.25, 0.3) is 0 Å². The summed E-state index contributed by atoms with van der Waals surface area (Å²) in [6, 6.07) is 5.11. The Labute approximate surface area is 110 Å². The Balaban J connectivity index is 2.09. The van der Waals surface area contributed by atoms with E-state index in [1.54, 1.807) is 6.07 Å². The van der Waals surface area contributed by atoms with Crippen LogP contribution >= 0.6 is 0 Å². The molecule has 0 spiro atoms. The van der Waals surface area contributed by atoms with Crippen molar-refractivity contribution in [1.29, 1.82) is 0 Å². The second kappa shape index (κ2) is 5.33. The first-order valence-electron chi connectivity index (χ1n) is 6.30. The summed E-state index contributed by atoms with van der Waals surface area (Å²) in [7, 11) is 0. The molecule has 5 heteroatoms. The average molecular weight is 271 g/mol. The zero-order valence-electron chi connectivity index (χ0n) is 10.6. The van der Waals surface area contributed by atoms with E-state index in [-0.39, 0.29) is 24.2 Å². The number of ketones is 1. The minimum absolute atomic E-state index is 0.0109. The number of nitrogens with one attached hydrogen (secondary N) is 1. The van der Waals surface area contributed by atoms with Gasteiger partial charge < -0.3 is 5.32 Å². The molecule has 0 aromatic heterocycles. The van der Waals surface area contributed by atoms with E-state index in [1.165, 1.54) is 6.07 Å². The van der Waals surface area contributed by atoms with Gasteiger partial charge in [-0.15, -0.1) is 0 Å². The molecule has 1 aliphatic heterocycles. The van der Waals surface area contributed by atoms with Crippen LogP contribution in [0.5, 0.6) is 0 Å². The first kappa shape index (κ1) is 14.1. The van der Waals surface area contributed by atoms with Crippen molar-refractivity contribution in [2.75, 3.05) is 6.54 Å². The van der Waals surface area contributed by atoms with Gasteiger partial charge in [-0.25, -0.2) is 0 Å². The lowest BCUT2D eigenvalue weighted by Crippen LogP contribution is -2.29. The minimum Gasteiger partial charge on any atom is -0.314 e. The number of carbonyl (C=O) groups is 1. The first-order chi connectivity index (χ1) is 8.88. The van der Waals surface area contributed by atoms with Crippen molar-refractivity contribution in [2.24, 2.45) is 5.92 Å². The molecule has 1 fully saturated rings. The predicted molar refractivity (Wildman–Crippen MR) is 65.7 cm³/mol. The van der Waals surface area contributed by atoms with Gasteiger partial charge >= 0.3 is 6.18 Å². The molecule has 1 saturated heterocycles. The van der Waals surface area contributed by atoms with Crippen molar-refractivity contribution in [2.45, 2.75) is 32.0 Å². The SMILES string of the molecule is CC1NCCC1C(=O)Cc1cccc(C(F)(F)F)c1. The number of hydrogen-bond acceptors (Lipinski definition) is 2. The molecule has 1 aromatic rings. The molecular weight excluding hydrogens is 255 g/mol. The monoisotopic (exact) mass is 271 g/mol. The molecule has 1 heterocycles. The van der Waals surface area contributed by atoms with Crippen molar-refractivity contribution in [3.05, 3.63) is 35.4 Å². The zero-order chi connectivity index (χ0) is 14.0. The summed E-state index contributed by atoms with van der Waals surface area (Å²) in [4.78, 5) is 12.1. The predicted octanol–water partition coefficient (Wildman–Crippen LogP) is 2.82. The maximum atomic E-state index is 12.6. The van der Waals surface area contributed by atoms with Gasteiger partial charge in [0.05, 0.1) is 5.56 Å². The molecule has 104 valence electrons. The van der Waals surface area contributed by atoms with Crippen molar-refractivity contribution in [3.63, 3.8) is 0 Å². The van der Waals surface area contributed by atoms with Gasteiger partial charge in [-0.05, 0) is 31.5 Å². The zero-order valence-corrected chi connectivity index (χ0v) is 10.6. The topological polar surface area (TPSA) is 29.1 Å². The van der Waals surface area contributed by atoms with E-state index >= 15 is 0 Å². The lowest BCUT2D eigenvalue weighted by Gasteiger charge is -2.14. The summed E-state index contributed by atoms with van der Waals surface area (Å²) < 4.78 is 37.7. The number of alkyl halides is 3. The maximum absolute atomic E-state index is 12.6. The third kappa shape index (κ3) is 3.35. The number of halogens is 3. The molecule has 2 rings (SSSR count). The molecule has 2 nitrogen and oxygen atoms in total. The minimum atomic E-state index is -4.36. The van der Waals surface area contributed by atoms with Crippen molar-refractivity contribution >= 4 is 5.78 Å². The summed E-state index contributed by atoms with van der Waals surface area (Å²) in [5, 5.41) is 3.17. The number of hydrogen-bond donors (Lipinski definition) is 1. The molecular formula is C14H16F3NO. The molecule has 0 saturated carbocycles. The third-order valence-corrected chi connectivity index (χ3v) is 3.57. The summed E-state index contributed by atoms with van der Waals surface area (Å²) in [6.07, 6.45) is -3.53. The van der Waals surface area contributed by atoms with Crippen molar-refractivity contribution in [3.8, 4) is 0 Å². The van der Waals surface area contributed by atoms with Crippen LogP contribution in [0.25, 0.3) is 0 Å². The smallest absolute Gasteiger partial charge is 0.314 e. The molecule has 1 aliphatic rings. The quantitative estimate of drug-likeness (QED) is 0.916. The van der Waals surface area contributed by atoms with Gasteiger partial charge in [-0.1, -0.05) is 18.2 Å².